The predicted octanol–water partition coefficient (Wildman–Crippen LogP) is 1.71. The third-order valence-corrected chi connectivity index (χ3v) is 4.36. The molecule has 1 aromatic rings. The summed E-state index contributed by atoms with van der Waals surface area (Å²) in [6, 6.07) is 5.78. The van der Waals surface area contributed by atoms with Crippen LogP contribution in [0.4, 0.5) is 4.39 Å². The Bertz CT molecular complexity index is 642. The lowest BCUT2D eigenvalue weighted by Crippen LogP contribution is -2.38. The minimum atomic E-state index is -0.324. The minimum absolute atomic E-state index is 0.00260. The molecule has 0 radical (unpaired) electrons. The van der Waals surface area contributed by atoms with Crippen LogP contribution >= 0.6 is 0 Å². The zero-order valence-electron chi connectivity index (χ0n) is 14.7. The van der Waals surface area contributed by atoms with Gasteiger partial charge in [0, 0.05) is 32.1 Å². The van der Waals surface area contributed by atoms with Crippen LogP contribution in [0, 0.1) is 23.2 Å². The van der Waals surface area contributed by atoms with E-state index in [1.807, 2.05) is 20.3 Å². The van der Waals surface area contributed by atoms with E-state index in [2.05, 4.69) is 15.2 Å². The first-order valence-electron chi connectivity index (χ1n) is 8.40. The number of likely N-dealkylation sites (tertiary alicyclic amines) is 1. The van der Waals surface area contributed by atoms with Gasteiger partial charge in [0.2, 0.25) is 5.96 Å². The van der Waals surface area contributed by atoms with Gasteiger partial charge in [-0.1, -0.05) is 0 Å². The second kappa shape index (κ2) is 9.14. The van der Waals surface area contributed by atoms with Crippen LogP contribution in [0.15, 0.2) is 29.3 Å². The molecule has 0 saturated carbocycles. The number of benzene rings is 1. The molecular formula is C18H24FN5O. The number of halogens is 1. The molecule has 134 valence electrons. The van der Waals surface area contributed by atoms with Crippen molar-refractivity contribution in [3.63, 3.8) is 0 Å². The number of ketones is 1. The van der Waals surface area contributed by atoms with E-state index in [0.29, 0.717) is 18.1 Å². The molecule has 1 N–H and O–H groups in total. The summed E-state index contributed by atoms with van der Waals surface area (Å²) >= 11 is 0. The smallest absolute Gasteiger partial charge is 0.206 e. The molecule has 0 aromatic heterocycles. The van der Waals surface area contributed by atoms with Gasteiger partial charge >= 0.3 is 0 Å². The predicted molar refractivity (Wildman–Crippen MR) is 94.6 cm³/mol. The lowest BCUT2D eigenvalue weighted by molar-refractivity contribution is 0.0842. The first-order valence-corrected chi connectivity index (χ1v) is 8.40. The Labute approximate surface area is 147 Å². The summed E-state index contributed by atoms with van der Waals surface area (Å²) in [5.41, 5.74) is 0.586. The van der Waals surface area contributed by atoms with Gasteiger partial charge in [0.1, 0.15) is 5.82 Å². The van der Waals surface area contributed by atoms with Crippen LogP contribution in [0.25, 0.3) is 0 Å². The van der Waals surface area contributed by atoms with E-state index >= 15 is 0 Å². The standard InChI is InChI=1S/C18H24FN5O/c1-23(2)18(22-13-20)21-9-12-24-10-7-15(8-11-24)17(25)14-3-5-16(19)6-4-14/h3-6,15H,7-12H2,1-2H3,(H,21,22). The van der Waals surface area contributed by atoms with Crippen LogP contribution in [-0.2, 0) is 0 Å². The fraction of sp³-hybridized carbons (Fsp3) is 0.500. The molecule has 0 aliphatic carbocycles. The number of rotatable bonds is 5. The van der Waals surface area contributed by atoms with Crippen molar-refractivity contribution in [2.45, 2.75) is 12.8 Å². The second-order valence-corrected chi connectivity index (χ2v) is 6.32. The van der Waals surface area contributed by atoms with Gasteiger partial charge < -0.3 is 9.80 Å². The van der Waals surface area contributed by atoms with E-state index in [0.717, 1.165) is 32.5 Å². The molecule has 1 aliphatic heterocycles. The third-order valence-electron chi connectivity index (χ3n) is 4.36. The van der Waals surface area contributed by atoms with Crippen LogP contribution in [0.3, 0.4) is 0 Å². The van der Waals surface area contributed by atoms with Gasteiger partial charge in [0.05, 0.1) is 6.54 Å². The number of aliphatic imine (C=N–C) groups is 1. The zero-order chi connectivity index (χ0) is 18.2. The number of hydrogen-bond acceptors (Lipinski definition) is 4. The fourth-order valence-electron chi connectivity index (χ4n) is 2.91. The van der Waals surface area contributed by atoms with Crippen LogP contribution < -0.4 is 5.32 Å². The summed E-state index contributed by atoms with van der Waals surface area (Å²) in [4.78, 5) is 20.9. The van der Waals surface area contributed by atoms with Gasteiger partial charge in [-0.05, 0) is 50.2 Å². The number of nitriles is 1. The van der Waals surface area contributed by atoms with Crippen molar-refractivity contribution < 1.29 is 9.18 Å². The van der Waals surface area contributed by atoms with E-state index in [4.69, 9.17) is 5.26 Å². The Morgan fingerprint density at radius 3 is 2.56 bits per heavy atom. The Hall–Kier alpha value is -2.46. The summed E-state index contributed by atoms with van der Waals surface area (Å²) in [5.74, 6) is 0.326. The molecule has 1 aliphatic rings. The van der Waals surface area contributed by atoms with Crippen molar-refractivity contribution in [1.82, 2.24) is 15.1 Å². The first-order chi connectivity index (χ1) is 12.0. The Morgan fingerprint density at radius 1 is 1.36 bits per heavy atom. The number of Topliss-reactive ketones (excluding diaryl/α,β-unsaturated/α-hetero) is 1. The summed E-state index contributed by atoms with van der Waals surface area (Å²) < 4.78 is 13.0. The van der Waals surface area contributed by atoms with E-state index in [-0.39, 0.29) is 17.5 Å². The molecule has 2 rings (SSSR count). The molecule has 25 heavy (non-hydrogen) atoms. The van der Waals surface area contributed by atoms with Gasteiger partial charge in [-0.25, -0.2) is 4.39 Å². The molecule has 1 heterocycles. The van der Waals surface area contributed by atoms with Crippen LogP contribution in [-0.4, -0.2) is 61.8 Å². The van der Waals surface area contributed by atoms with E-state index in [9.17, 15) is 9.18 Å². The summed E-state index contributed by atoms with van der Waals surface area (Å²) in [5, 5.41) is 11.2. The molecule has 0 bridgehead atoms. The number of guanidine groups is 1. The van der Waals surface area contributed by atoms with Crippen molar-refractivity contribution in [3.05, 3.63) is 35.6 Å². The SMILES string of the molecule is CN(C)C(=NCCN1CCC(C(=O)c2ccc(F)cc2)CC1)NC#N. The van der Waals surface area contributed by atoms with E-state index < -0.39 is 0 Å². The zero-order valence-corrected chi connectivity index (χ0v) is 14.7. The number of piperidine rings is 1. The molecule has 0 atom stereocenters. The molecule has 1 fully saturated rings. The quantitative estimate of drug-likeness (QED) is 0.289. The Kier molecular flexibility index (Phi) is 6.90. The summed E-state index contributed by atoms with van der Waals surface area (Å²) in [6.07, 6.45) is 3.48. The summed E-state index contributed by atoms with van der Waals surface area (Å²) in [7, 11) is 3.66. The average Bonchev–Trinajstić information content (AvgIpc) is 2.61. The molecule has 7 heteroatoms. The molecule has 0 spiro atoms. The lowest BCUT2D eigenvalue weighted by Gasteiger charge is -2.30. The third kappa shape index (κ3) is 5.54. The number of carbonyl (C=O) groups is 1. The van der Waals surface area contributed by atoms with Gasteiger partial charge in [-0.2, -0.15) is 5.26 Å². The normalized spacial score (nSPS) is 16.3. The van der Waals surface area contributed by atoms with Crippen LogP contribution in [0.2, 0.25) is 0 Å². The monoisotopic (exact) mass is 345 g/mol. The Morgan fingerprint density at radius 2 is 2.00 bits per heavy atom. The van der Waals surface area contributed by atoms with Gasteiger partial charge in [0.15, 0.2) is 12.0 Å². The maximum Gasteiger partial charge on any atom is 0.206 e. The Balaban J connectivity index is 1.79. The van der Waals surface area contributed by atoms with Crippen molar-refractivity contribution >= 4 is 11.7 Å². The van der Waals surface area contributed by atoms with Crippen LogP contribution in [0.5, 0.6) is 0 Å². The van der Waals surface area contributed by atoms with Crippen molar-refractivity contribution in [3.8, 4) is 6.19 Å². The molecular weight excluding hydrogens is 321 g/mol. The van der Waals surface area contributed by atoms with E-state index in [1.165, 1.54) is 12.1 Å². The largest absolute Gasteiger partial charge is 0.348 e. The van der Waals surface area contributed by atoms with Crippen molar-refractivity contribution in [2.75, 3.05) is 40.3 Å². The lowest BCUT2D eigenvalue weighted by atomic mass is 9.89. The minimum Gasteiger partial charge on any atom is -0.348 e. The number of carbonyl (C=O) groups excluding carboxylic acids is 1. The summed E-state index contributed by atoms with van der Waals surface area (Å²) in [6.45, 7) is 3.08. The molecule has 1 aromatic carbocycles. The second-order valence-electron chi connectivity index (χ2n) is 6.32. The number of nitrogens with one attached hydrogen (secondary N) is 1. The highest BCUT2D eigenvalue weighted by Crippen LogP contribution is 2.21. The highest BCUT2D eigenvalue weighted by molar-refractivity contribution is 5.97. The van der Waals surface area contributed by atoms with Crippen molar-refractivity contribution in [1.29, 1.82) is 5.26 Å². The number of hydrogen-bond donors (Lipinski definition) is 1. The van der Waals surface area contributed by atoms with Gasteiger partial charge in [-0.15, -0.1) is 0 Å². The van der Waals surface area contributed by atoms with Gasteiger partial charge in [0.25, 0.3) is 0 Å². The topological polar surface area (TPSA) is 71.7 Å². The fourth-order valence-corrected chi connectivity index (χ4v) is 2.91. The molecule has 1 saturated heterocycles. The van der Waals surface area contributed by atoms with Gasteiger partial charge in [-0.3, -0.25) is 15.1 Å². The van der Waals surface area contributed by atoms with Crippen molar-refractivity contribution in [2.24, 2.45) is 10.9 Å². The van der Waals surface area contributed by atoms with Crippen LogP contribution in [0.1, 0.15) is 23.2 Å². The maximum atomic E-state index is 13.0. The molecule has 0 unspecified atom stereocenters. The van der Waals surface area contributed by atoms with E-state index in [1.54, 1.807) is 17.0 Å². The highest BCUT2D eigenvalue weighted by atomic mass is 19.1. The highest BCUT2D eigenvalue weighted by Gasteiger charge is 2.25. The first kappa shape index (κ1) is 18.9. The number of nitrogens with zero attached hydrogens (tertiary/aromatic N) is 4. The molecule has 0 amide bonds. The maximum absolute atomic E-state index is 13.0. The molecule has 6 nitrogen and oxygen atoms in total. The average molecular weight is 345 g/mol.